The number of nitrogens with zero attached hydrogens (tertiary/aromatic N) is 1. The molecule has 4 nitrogen and oxygen atoms in total. The van der Waals surface area contributed by atoms with E-state index in [2.05, 4.69) is 85.8 Å². The molecule has 3 aromatic rings. The van der Waals surface area contributed by atoms with Crippen LogP contribution in [0.1, 0.15) is 41.5 Å². The number of carbonyl (C=O) groups excluding carboxylic acids is 1. The lowest BCUT2D eigenvalue weighted by atomic mass is 9.89. The van der Waals surface area contributed by atoms with Crippen LogP contribution in [0.25, 0.3) is 16.7 Å². The van der Waals surface area contributed by atoms with Crippen molar-refractivity contribution in [2.45, 2.75) is 37.8 Å². The van der Waals surface area contributed by atoms with E-state index in [0.29, 0.717) is 19.8 Å². The summed E-state index contributed by atoms with van der Waals surface area (Å²) in [7, 11) is 0. The summed E-state index contributed by atoms with van der Waals surface area (Å²) >= 11 is 0. The molecule has 3 aromatic carbocycles. The monoisotopic (exact) mass is 451 g/mol. The summed E-state index contributed by atoms with van der Waals surface area (Å²) in [5, 5.41) is 0. The van der Waals surface area contributed by atoms with Gasteiger partial charge in [0.1, 0.15) is 6.61 Å². The third-order valence-corrected chi connectivity index (χ3v) is 7.45. The molecule has 0 radical (unpaired) electrons. The molecule has 3 aliphatic rings. The molecule has 1 fully saturated rings. The summed E-state index contributed by atoms with van der Waals surface area (Å²) in [6, 6.07) is 25.5. The highest BCUT2D eigenvalue weighted by Gasteiger charge is 2.39. The third-order valence-electron chi connectivity index (χ3n) is 7.45. The Morgan fingerprint density at radius 1 is 0.971 bits per heavy atom. The fraction of sp³-hybridized carbons (Fsp3) is 0.300. The Balaban J connectivity index is 1.22. The number of rotatable bonds is 4. The SMILES string of the molecule is CCc1cccc(C2=CC3COCC(C2)N3C(=O)OCC2c3ccccc3-c3ccccc32)c1. The number of amides is 1. The zero-order chi connectivity index (χ0) is 23.1. The third kappa shape index (κ3) is 3.63. The average Bonchev–Trinajstić information content (AvgIpc) is 3.20. The van der Waals surface area contributed by atoms with Gasteiger partial charge in [0.05, 0.1) is 25.3 Å². The first-order valence-electron chi connectivity index (χ1n) is 12.2. The molecule has 1 saturated heterocycles. The summed E-state index contributed by atoms with van der Waals surface area (Å²) in [5.74, 6) is 0.0696. The topological polar surface area (TPSA) is 38.8 Å². The highest BCUT2D eigenvalue weighted by molar-refractivity contribution is 5.79. The Bertz CT molecular complexity index is 1220. The van der Waals surface area contributed by atoms with Crippen molar-refractivity contribution in [1.82, 2.24) is 4.90 Å². The van der Waals surface area contributed by atoms with Crippen molar-refractivity contribution in [3.05, 3.63) is 101 Å². The molecule has 0 saturated carbocycles. The second-order valence-electron chi connectivity index (χ2n) is 9.42. The Labute approximate surface area is 200 Å². The van der Waals surface area contributed by atoms with Gasteiger partial charge >= 0.3 is 6.09 Å². The van der Waals surface area contributed by atoms with Gasteiger partial charge in [-0.3, -0.25) is 4.90 Å². The van der Waals surface area contributed by atoms with Crippen LogP contribution >= 0.6 is 0 Å². The van der Waals surface area contributed by atoms with Crippen LogP contribution in [0.5, 0.6) is 0 Å². The van der Waals surface area contributed by atoms with E-state index in [1.807, 2.05) is 4.90 Å². The lowest BCUT2D eigenvalue weighted by Gasteiger charge is -2.44. The maximum Gasteiger partial charge on any atom is 0.410 e. The molecule has 6 rings (SSSR count). The van der Waals surface area contributed by atoms with Gasteiger partial charge in [0.2, 0.25) is 0 Å². The van der Waals surface area contributed by atoms with Crippen LogP contribution in [0.2, 0.25) is 0 Å². The lowest BCUT2D eigenvalue weighted by Crippen LogP contribution is -2.56. The number of hydrogen-bond acceptors (Lipinski definition) is 3. The second kappa shape index (κ2) is 8.77. The number of fused-ring (bicyclic) bond motifs is 5. The molecule has 2 heterocycles. The van der Waals surface area contributed by atoms with Gasteiger partial charge in [0.15, 0.2) is 0 Å². The normalized spacial score (nSPS) is 21.0. The van der Waals surface area contributed by atoms with Crippen LogP contribution < -0.4 is 0 Å². The van der Waals surface area contributed by atoms with Crippen LogP contribution in [0.4, 0.5) is 4.79 Å². The highest BCUT2D eigenvalue weighted by Crippen LogP contribution is 2.44. The van der Waals surface area contributed by atoms with Gasteiger partial charge in [-0.05, 0) is 51.8 Å². The zero-order valence-corrected chi connectivity index (χ0v) is 19.4. The number of carbonyl (C=O) groups is 1. The summed E-state index contributed by atoms with van der Waals surface area (Å²) in [4.78, 5) is 15.3. The van der Waals surface area contributed by atoms with E-state index in [0.717, 1.165) is 12.8 Å². The van der Waals surface area contributed by atoms with Crippen molar-refractivity contribution >= 4 is 11.7 Å². The number of morpholine rings is 1. The van der Waals surface area contributed by atoms with E-state index < -0.39 is 0 Å². The van der Waals surface area contributed by atoms with Crippen LogP contribution in [-0.2, 0) is 15.9 Å². The fourth-order valence-electron chi connectivity index (χ4n) is 5.75. The summed E-state index contributed by atoms with van der Waals surface area (Å²) in [6.07, 6.45) is 3.76. The number of hydrogen-bond donors (Lipinski definition) is 0. The molecule has 2 aliphatic heterocycles. The van der Waals surface area contributed by atoms with E-state index in [1.165, 1.54) is 39.0 Å². The Kier molecular flexibility index (Phi) is 5.46. The van der Waals surface area contributed by atoms with E-state index in [9.17, 15) is 4.79 Å². The first-order chi connectivity index (χ1) is 16.7. The second-order valence-corrected chi connectivity index (χ2v) is 9.42. The molecule has 2 atom stereocenters. The smallest absolute Gasteiger partial charge is 0.410 e. The van der Waals surface area contributed by atoms with E-state index in [4.69, 9.17) is 9.47 Å². The molecule has 0 aromatic heterocycles. The standard InChI is InChI=1S/C30H29NO3/c1-2-20-8-7-9-21(14-20)22-15-23-17-33-18-24(16-22)31(23)30(32)34-19-29-27-12-5-3-10-25(27)26-11-4-6-13-28(26)29/h3-15,23-24,29H,2,16-19H2,1H3. The molecule has 34 heavy (non-hydrogen) atoms. The van der Waals surface area contributed by atoms with Gasteiger partial charge in [-0.25, -0.2) is 4.79 Å². The van der Waals surface area contributed by atoms with Crippen molar-refractivity contribution in [3.8, 4) is 11.1 Å². The van der Waals surface area contributed by atoms with Gasteiger partial charge in [0, 0.05) is 5.92 Å². The number of ether oxygens (including phenoxy) is 2. The molecule has 172 valence electrons. The van der Waals surface area contributed by atoms with Crippen molar-refractivity contribution < 1.29 is 14.3 Å². The van der Waals surface area contributed by atoms with Gasteiger partial charge < -0.3 is 9.47 Å². The first kappa shape index (κ1) is 21.2. The molecule has 2 unspecified atom stereocenters. The van der Waals surface area contributed by atoms with E-state index in [1.54, 1.807) is 0 Å². The fourth-order valence-corrected chi connectivity index (χ4v) is 5.75. The average molecular weight is 452 g/mol. The Hall–Kier alpha value is -3.37. The molecule has 1 aliphatic carbocycles. The lowest BCUT2D eigenvalue weighted by molar-refractivity contribution is -0.0331. The number of benzene rings is 3. The van der Waals surface area contributed by atoms with Crippen molar-refractivity contribution in [3.63, 3.8) is 0 Å². The Morgan fingerprint density at radius 3 is 2.41 bits per heavy atom. The molecular formula is C30H29NO3. The maximum atomic E-state index is 13.4. The summed E-state index contributed by atoms with van der Waals surface area (Å²) < 4.78 is 11.8. The molecule has 0 N–H and O–H groups in total. The van der Waals surface area contributed by atoms with Crippen LogP contribution in [0.15, 0.2) is 78.9 Å². The zero-order valence-electron chi connectivity index (χ0n) is 19.4. The summed E-state index contributed by atoms with van der Waals surface area (Å²) in [5.41, 5.74) is 8.83. The minimum atomic E-state index is -0.238. The molecule has 4 heteroatoms. The molecular weight excluding hydrogens is 422 g/mol. The molecule has 1 amide bonds. The van der Waals surface area contributed by atoms with Gasteiger partial charge in [-0.1, -0.05) is 85.8 Å². The maximum absolute atomic E-state index is 13.4. The van der Waals surface area contributed by atoms with Gasteiger partial charge in [-0.15, -0.1) is 0 Å². The highest BCUT2D eigenvalue weighted by atomic mass is 16.6. The predicted molar refractivity (Wildman–Crippen MR) is 134 cm³/mol. The van der Waals surface area contributed by atoms with E-state index >= 15 is 0 Å². The van der Waals surface area contributed by atoms with Crippen LogP contribution in [0.3, 0.4) is 0 Å². The van der Waals surface area contributed by atoms with Gasteiger partial charge in [-0.2, -0.15) is 0 Å². The van der Waals surface area contributed by atoms with Gasteiger partial charge in [0.25, 0.3) is 0 Å². The minimum absolute atomic E-state index is 0.000293. The van der Waals surface area contributed by atoms with Crippen LogP contribution in [0, 0.1) is 0 Å². The van der Waals surface area contributed by atoms with E-state index in [-0.39, 0.29) is 24.1 Å². The van der Waals surface area contributed by atoms with Crippen molar-refractivity contribution in [2.75, 3.05) is 19.8 Å². The molecule has 0 spiro atoms. The van der Waals surface area contributed by atoms with Crippen molar-refractivity contribution in [1.29, 1.82) is 0 Å². The van der Waals surface area contributed by atoms with Crippen molar-refractivity contribution in [2.24, 2.45) is 0 Å². The molecule has 2 bridgehead atoms. The minimum Gasteiger partial charge on any atom is -0.448 e. The number of aryl methyl sites for hydroxylation is 1. The van der Waals surface area contributed by atoms with Crippen LogP contribution in [-0.4, -0.2) is 42.9 Å². The predicted octanol–water partition coefficient (Wildman–Crippen LogP) is 6.05. The quantitative estimate of drug-likeness (QED) is 0.484. The first-order valence-corrected chi connectivity index (χ1v) is 12.2. The largest absolute Gasteiger partial charge is 0.448 e. The Morgan fingerprint density at radius 2 is 1.71 bits per heavy atom. The summed E-state index contributed by atoms with van der Waals surface area (Å²) in [6.45, 7) is 3.58.